The molecule has 3 fully saturated rings. The van der Waals surface area contributed by atoms with Gasteiger partial charge in [0.2, 0.25) is 0 Å². The molecule has 3 rings (SSSR count). The second-order valence-corrected chi connectivity index (χ2v) is 9.89. The van der Waals surface area contributed by atoms with Crippen LogP contribution >= 0.6 is 0 Å². The number of ether oxygens (including phenoxy) is 2. The van der Waals surface area contributed by atoms with E-state index in [1.54, 1.807) is 0 Å². The van der Waals surface area contributed by atoms with E-state index < -0.39 is 0 Å². The summed E-state index contributed by atoms with van der Waals surface area (Å²) >= 11 is 0. The van der Waals surface area contributed by atoms with Gasteiger partial charge >= 0.3 is 25.4 Å². The fraction of sp³-hybridized carbons (Fsp3) is 0.850. The standard InChI is InChI=1S/C20H31O4.Ru/c1-10(2)8-13(19(3,4)5)18(22)23-15-12-9-11-14(20(12,6)7)16(15)24-17(11)21;/h10-12,14-16H,8-9H2,1-7H3;/q-1;+1. The van der Waals surface area contributed by atoms with Crippen LogP contribution < -0.4 is 0 Å². The van der Waals surface area contributed by atoms with E-state index in [-0.39, 0.29) is 72.2 Å². The van der Waals surface area contributed by atoms with Crippen LogP contribution in [0.3, 0.4) is 0 Å². The zero-order valence-electron chi connectivity index (χ0n) is 16.4. The van der Waals surface area contributed by atoms with Gasteiger partial charge in [0.25, 0.3) is 0 Å². The van der Waals surface area contributed by atoms with Crippen molar-refractivity contribution in [1.82, 2.24) is 0 Å². The maximum Gasteiger partial charge on any atom is 1.00 e. The molecular formula is C20H31O4Ru. The molecule has 25 heavy (non-hydrogen) atoms. The van der Waals surface area contributed by atoms with E-state index in [1.807, 2.05) is 0 Å². The van der Waals surface area contributed by atoms with Gasteiger partial charge in [-0.05, 0) is 11.8 Å². The molecule has 3 aliphatic rings. The van der Waals surface area contributed by atoms with Gasteiger partial charge < -0.3 is 9.47 Å². The Morgan fingerprint density at radius 1 is 1.36 bits per heavy atom. The second kappa shape index (κ2) is 6.55. The maximum atomic E-state index is 12.9. The third kappa shape index (κ3) is 3.26. The second-order valence-electron chi connectivity index (χ2n) is 9.89. The third-order valence-electron chi connectivity index (χ3n) is 6.39. The SMILES string of the molecule is CC(C)C[C-](C(=O)OC1C2OC(=O)C3CC1C(C)(C)C32)C(C)(C)C.[Ru+]. The van der Waals surface area contributed by atoms with Gasteiger partial charge in [-0.15, -0.1) is 5.41 Å². The molecule has 5 atom stereocenters. The van der Waals surface area contributed by atoms with Crippen molar-refractivity contribution < 1.29 is 38.5 Å². The van der Waals surface area contributed by atoms with Crippen molar-refractivity contribution in [3.05, 3.63) is 5.92 Å². The molecule has 143 valence electrons. The molecule has 0 amide bonds. The Labute approximate surface area is 164 Å². The van der Waals surface area contributed by atoms with E-state index in [0.717, 1.165) is 18.8 Å². The van der Waals surface area contributed by atoms with E-state index in [4.69, 9.17) is 9.47 Å². The van der Waals surface area contributed by atoms with Crippen LogP contribution in [0.15, 0.2) is 0 Å². The van der Waals surface area contributed by atoms with E-state index >= 15 is 0 Å². The van der Waals surface area contributed by atoms with E-state index in [9.17, 15) is 9.59 Å². The van der Waals surface area contributed by atoms with Crippen LogP contribution in [0, 0.1) is 40.4 Å². The summed E-state index contributed by atoms with van der Waals surface area (Å²) in [6.07, 6.45) is 0.991. The number of carbonyl (C=O) groups excluding carboxylic acids is 2. The minimum atomic E-state index is -0.287. The predicted molar refractivity (Wildman–Crippen MR) is 90.8 cm³/mol. The zero-order chi connectivity index (χ0) is 18.0. The van der Waals surface area contributed by atoms with Crippen molar-refractivity contribution >= 4 is 11.9 Å². The van der Waals surface area contributed by atoms with Crippen LogP contribution in [0.5, 0.6) is 0 Å². The molecule has 1 aliphatic heterocycles. The van der Waals surface area contributed by atoms with Gasteiger partial charge in [-0.2, -0.15) is 6.42 Å². The number of fused-ring (bicyclic) bond motifs is 1. The molecule has 5 unspecified atom stereocenters. The summed E-state index contributed by atoms with van der Waals surface area (Å²) in [7, 11) is 0. The average molecular weight is 437 g/mol. The number of hydrogen-bond acceptors (Lipinski definition) is 4. The van der Waals surface area contributed by atoms with Crippen LogP contribution in [0.1, 0.15) is 61.3 Å². The molecule has 0 N–H and O–H groups in total. The Kier molecular flexibility index (Phi) is 5.43. The third-order valence-corrected chi connectivity index (χ3v) is 6.39. The number of rotatable bonds is 4. The molecule has 1 heterocycles. The Hall–Kier alpha value is -0.567. The average Bonchev–Trinajstić information content (AvgIpc) is 2.91. The van der Waals surface area contributed by atoms with Crippen LogP contribution in [-0.4, -0.2) is 24.1 Å². The molecule has 4 nitrogen and oxygen atoms in total. The van der Waals surface area contributed by atoms with E-state index in [0.29, 0.717) is 5.92 Å². The summed E-state index contributed by atoms with van der Waals surface area (Å²) in [6.45, 7) is 14.8. The summed E-state index contributed by atoms with van der Waals surface area (Å²) in [6, 6.07) is 0. The van der Waals surface area contributed by atoms with E-state index in [2.05, 4.69) is 48.5 Å². The summed E-state index contributed by atoms with van der Waals surface area (Å²) in [5, 5.41) is 0. The van der Waals surface area contributed by atoms with Crippen molar-refractivity contribution in [3.8, 4) is 0 Å². The summed E-state index contributed by atoms with van der Waals surface area (Å²) in [4.78, 5) is 25.0. The van der Waals surface area contributed by atoms with Crippen LogP contribution in [0.2, 0.25) is 0 Å². The molecule has 2 saturated carbocycles. The number of hydrogen-bond donors (Lipinski definition) is 0. The first-order valence-corrected chi connectivity index (χ1v) is 9.22. The molecule has 2 bridgehead atoms. The Balaban J connectivity index is 0.00000225. The van der Waals surface area contributed by atoms with Gasteiger partial charge in [0.1, 0.15) is 12.2 Å². The largest absolute Gasteiger partial charge is 1.00 e. The van der Waals surface area contributed by atoms with Crippen molar-refractivity contribution in [3.63, 3.8) is 0 Å². The Bertz CT molecular complexity index is 548. The maximum absolute atomic E-state index is 12.9. The van der Waals surface area contributed by atoms with Crippen LogP contribution in [-0.2, 0) is 38.5 Å². The molecule has 2 aliphatic carbocycles. The minimum absolute atomic E-state index is 0. The molecule has 1 saturated heterocycles. The molecule has 0 aromatic rings. The van der Waals surface area contributed by atoms with Gasteiger partial charge in [-0.3, -0.25) is 15.5 Å². The smallest absolute Gasteiger partial charge is 0.481 e. The number of esters is 2. The van der Waals surface area contributed by atoms with Gasteiger partial charge in [0.05, 0.1) is 5.92 Å². The molecule has 0 spiro atoms. The molecular weight excluding hydrogens is 405 g/mol. The van der Waals surface area contributed by atoms with Crippen molar-refractivity contribution in [2.24, 2.45) is 34.5 Å². The quantitative estimate of drug-likeness (QED) is 0.382. The zero-order valence-corrected chi connectivity index (χ0v) is 18.1. The normalized spacial score (nSPS) is 34.7. The van der Waals surface area contributed by atoms with Gasteiger partial charge in [-0.25, -0.2) is 0 Å². The molecule has 0 aromatic carbocycles. The van der Waals surface area contributed by atoms with Crippen molar-refractivity contribution in [2.45, 2.75) is 73.5 Å². The Morgan fingerprint density at radius 3 is 2.48 bits per heavy atom. The monoisotopic (exact) mass is 437 g/mol. The Morgan fingerprint density at radius 2 is 1.96 bits per heavy atom. The van der Waals surface area contributed by atoms with Crippen molar-refractivity contribution in [2.75, 3.05) is 0 Å². The molecule has 5 heteroatoms. The van der Waals surface area contributed by atoms with Crippen molar-refractivity contribution in [1.29, 1.82) is 0 Å². The first-order chi connectivity index (χ1) is 10.9. The number of carbonyl (C=O) groups is 2. The molecule has 0 aromatic heterocycles. The predicted octanol–water partition coefficient (Wildman–Crippen LogP) is 3.78. The fourth-order valence-electron chi connectivity index (χ4n) is 5.19. The first-order valence-electron chi connectivity index (χ1n) is 9.22. The van der Waals surface area contributed by atoms with Gasteiger partial charge in [0.15, 0.2) is 5.97 Å². The van der Waals surface area contributed by atoms with Gasteiger partial charge in [-0.1, -0.05) is 54.4 Å². The summed E-state index contributed by atoms with van der Waals surface area (Å²) in [5.41, 5.74) is -0.226. The fourth-order valence-corrected chi connectivity index (χ4v) is 5.19. The van der Waals surface area contributed by atoms with Crippen LogP contribution in [0.4, 0.5) is 0 Å². The van der Waals surface area contributed by atoms with Crippen LogP contribution in [0.25, 0.3) is 0 Å². The molecule has 1 radical (unpaired) electrons. The van der Waals surface area contributed by atoms with Gasteiger partial charge in [0, 0.05) is 11.8 Å². The minimum Gasteiger partial charge on any atom is -0.481 e. The summed E-state index contributed by atoms with van der Waals surface area (Å²) < 4.78 is 11.6. The first kappa shape index (κ1) is 20.7. The topological polar surface area (TPSA) is 52.6 Å². The van der Waals surface area contributed by atoms with E-state index in [1.165, 1.54) is 0 Å². The summed E-state index contributed by atoms with van der Waals surface area (Å²) in [5.74, 6) is 1.34.